The van der Waals surface area contributed by atoms with E-state index in [2.05, 4.69) is 36.1 Å². The van der Waals surface area contributed by atoms with E-state index in [-0.39, 0.29) is 24.0 Å². The van der Waals surface area contributed by atoms with Crippen LogP contribution in [-0.2, 0) is 13.1 Å². The van der Waals surface area contributed by atoms with Gasteiger partial charge in [-0.1, -0.05) is 0 Å². The number of halogens is 2. The molecule has 2 rings (SSSR count). The number of aliphatic imine (C=N–C) groups is 1. The van der Waals surface area contributed by atoms with Crippen LogP contribution < -0.4 is 20.1 Å². The highest BCUT2D eigenvalue weighted by Gasteiger charge is 2.10. The molecule has 2 N–H and O–H groups in total. The van der Waals surface area contributed by atoms with Crippen LogP contribution in [0, 0.1) is 0 Å². The molecular weight excluding hydrogens is 499 g/mol. The third-order valence-corrected chi connectivity index (χ3v) is 4.09. The van der Waals surface area contributed by atoms with Crippen molar-refractivity contribution in [3.63, 3.8) is 0 Å². The Hall–Kier alpha value is -1.42. The summed E-state index contributed by atoms with van der Waals surface area (Å²) in [5, 5.41) is 6.59. The molecular formula is C17H24BrIN4O2. The molecule has 0 aliphatic carbocycles. The number of guanidine groups is 1. The van der Waals surface area contributed by atoms with Gasteiger partial charge in [-0.05, 0) is 45.8 Å². The van der Waals surface area contributed by atoms with Gasteiger partial charge in [0.2, 0.25) is 0 Å². The number of nitrogens with zero attached hydrogens (tertiary/aromatic N) is 2. The molecule has 0 atom stereocenters. The van der Waals surface area contributed by atoms with Crippen LogP contribution in [0.25, 0.3) is 0 Å². The predicted octanol–water partition coefficient (Wildman–Crippen LogP) is 3.25. The van der Waals surface area contributed by atoms with Gasteiger partial charge in [0.15, 0.2) is 17.5 Å². The smallest absolute Gasteiger partial charge is 0.191 e. The predicted molar refractivity (Wildman–Crippen MR) is 115 cm³/mol. The van der Waals surface area contributed by atoms with Gasteiger partial charge in [-0.2, -0.15) is 0 Å². The van der Waals surface area contributed by atoms with Crippen molar-refractivity contribution in [3.8, 4) is 11.5 Å². The normalized spacial score (nSPS) is 10.8. The largest absolute Gasteiger partial charge is 0.493 e. The highest BCUT2D eigenvalue weighted by molar-refractivity contribution is 14.0. The summed E-state index contributed by atoms with van der Waals surface area (Å²) in [5.41, 5.74) is 1.06. The second-order valence-electron chi connectivity index (χ2n) is 5.09. The van der Waals surface area contributed by atoms with E-state index in [1.165, 1.54) is 0 Å². The Kier molecular flexibility index (Phi) is 9.73. The summed E-state index contributed by atoms with van der Waals surface area (Å²) in [6.45, 7) is 2.31. The van der Waals surface area contributed by atoms with Gasteiger partial charge >= 0.3 is 0 Å². The van der Waals surface area contributed by atoms with Crippen LogP contribution in [0.1, 0.15) is 5.56 Å². The molecule has 2 aromatic rings. The number of benzene rings is 1. The lowest BCUT2D eigenvalue weighted by Gasteiger charge is -2.15. The minimum Gasteiger partial charge on any atom is -0.493 e. The lowest BCUT2D eigenvalue weighted by molar-refractivity contribution is 0.352. The molecule has 1 aromatic heterocycles. The Morgan fingerprint density at radius 2 is 1.88 bits per heavy atom. The summed E-state index contributed by atoms with van der Waals surface area (Å²) in [7, 11) is 5.01. The standard InChI is InChI=1S/C17H23BrN4O2.HI/c1-19-17(20-6-9-22-7-4-5-8-22)21-12-13-10-14(18)16(24-3)15(11-13)23-2;/h4-5,7-8,10-11H,6,9,12H2,1-3H3,(H2,19,20,21);1H. The minimum atomic E-state index is 0. The molecule has 0 saturated heterocycles. The zero-order chi connectivity index (χ0) is 17.4. The molecule has 6 nitrogen and oxygen atoms in total. The lowest BCUT2D eigenvalue weighted by atomic mass is 10.2. The molecule has 0 bridgehead atoms. The molecule has 0 aliphatic heterocycles. The maximum atomic E-state index is 5.37. The van der Waals surface area contributed by atoms with Crippen LogP contribution in [-0.4, -0.2) is 38.3 Å². The van der Waals surface area contributed by atoms with E-state index in [9.17, 15) is 0 Å². The maximum absolute atomic E-state index is 5.37. The molecule has 0 spiro atoms. The van der Waals surface area contributed by atoms with Gasteiger partial charge in [0, 0.05) is 39.1 Å². The Labute approximate surface area is 174 Å². The SMILES string of the molecule is CN=C(NCCn1cccc1)NCc1cc(Br)c(OC)c(OC)c1.I. The zero-order valence-corrected chi connectivity index (χ0v) is 18.5. The number of ether oxygens (including phenoxy) is 2. The van der Waals surface area contributed by atoms with Crippen LogP contribution in [0.2, 0.25) is 0 Å². The number of nitrogens with one attached hydrogen (secondary N) is 2. The number of hydrogen-bond acceptors (Lipinski definition) is 3. The van der Waals surface area contributed by atoms with Gasteiger partial charge in [0.05, 0.1) is 18.7 Å². The van der Waals surface area contributed by atoms with Crippen molar-refractivity contribution in [2.24, 2.45) is 4.99 Å². The highest BCUT2D eigenvalue weighted by Crippen LogP contribution is 2.36. The Bertz CT molecular complexity index is 678. The Morgan fingerprint density at radius 1 is 1.16 bits per heavy atom. The summed E-state index contributed by atoms with van der Waals surface area (Å²) in [5.74, 6) is 2.14. The van der Waals surface area contributed by atoms with Crippen molar-refractivity contribution in [2.75, 3.05) is 27.8 Å². The molecule has 0 radical (unpaired) electrons. The Morgan fingerprint density at radius 3 is 2.48 bits per heavy atom. The van der Waals surface area contributed by atoms with Crippen LogP contribution in [0.4, 0.5) is 0 Å². The maximum Gasteiger partial charge on any atom is 0.191 e. The van der Waals surface area contributed by atoms with E-state index < -0.39 is 0 Å². The Balaban J connectivity index is 0.00000312. The second kappa shape index (κ2) is 11.2. The fourth-order valence-corrected chi connectivity index (χ4v) is 2.95. The summed E-state index contributed by atoms with van der Waals surface area (Å²) in [6, 6.07) is 7.98. The van der Waals surface area contributed by atoms with Crippen LogP contribution >= 0.6 is 39.9 Å². The van der Waals surface area contributed by atoms with Gasteiger partial charge in [0.1, 0.15) is 0 Å². The highest BCUT2D eigenvalue weighted by atomic mass is 127. The molecule has 0 aliphatic rings. The van der Waals surface area contributed by atoms with E-state index in [1.807, 2.05) is 36.7 Å². The summed E-state index contributed by atoms with van der Waals surface area (Å²) in [4.78, 5) is 4.24. The first-order valence-corrected chi connectivity index (χ1v) is 8.43. The zero-order valence-electron chi connectivity index (χ0n) is 14.6. The first-order valence-electron chi connectivity index (χ1n) is 7.63. The molecule has 1 aromatic carbocycles. The van der Waals surface area contributed by atoms with Gasteiger partial charge in [0.25, 0.3) is 0 Å². The third-order valence-electron chi connectivity index (χ3n) is 3.51. The van der Waals surface area contributed by atoms with E-state index >= 15 is 0 Å². The van der Waals surface area contributed by atoms with Crippen LogP contribution in [0.15, 0.2) is 46.1 Å². The summed E-state index contributed by atoms with van der Waals surface area (Å²) >= 11 is 3.51. The molecule has 0 amide bonds. The molecule has 1 heterocycles. The van der Waals surface area contributed by atoms with Gasteiger partial charge in [-0.15, -0.1) is 24.0 Å². The average Bonchev–Trinajstić information content (AvgIpc) is 3.10. The second-order valence-corrected chi connectivity index (χ2v) is 5.94. The first-order chi connectivity index (χ1) is 11.7. The van der Waals surface area contributed by atoms with Crippen molar-refractivity contribution < 1.29 is 9.47 Å². The van der Waals surface area contributed by atoms with Gasteiger partial charge in [-0.25, -0.2) is 0 Å². The number of aromatic nitrogens is 1. The topological polar surface area (TPSA) is 59.8 Å². The van der Waals surface area contributed by atoms with Crippen LogP contribution in [0.5, 0.6) is 11.5 Å². The average molecular weight is 523 g/mol. The summed E-state index contributed by atoms with van der Waals surface area (Å²) in [6.07, 6.45) is 4.08. The minimum absolute atomic E-state index is 0. The quantitative estimate of drug-likeness (QED) is 0.333. The first kappa shape index (κ1) is 21.6. The van der Waals surface area contributed by atoms with Gasteiger partial charge in [-0.3, -0.25) is 4.99 Å². The van der Waals surface area contributed by atoms with Crippen molar-refractivity contribution in [3.05, 3.63) is 46.7 Å². The monoisotopic (exact) mass is 522 g/mol. The van der Waals surface area contributed by atoms with E-state index in [0.717, 1.165) is 29.1 Å². The molecule has 138 valence electrons. The van der Waals surface area contributed by atoms with Crippen molar-refractivity contribution in [1.29, 1.82) is 0 Å². The van der Waals surface area contributed by atoms with Crippen molar-refractivity contribution in [2.45, 2.75) is 13.1 Å². The molecule has 8 heteroatoms. The molecule has 0 saturated carbocycles. The fraction of sp³-hybridized carbons (Fsp3) is 0.353. The summed E-state index contributed by atoms with van der Waals surface area (Å²) < 4.78 is 13.7. The van der Waals surface area contributed by atoms with Crippen LogP contribution in [0.3, 0.4) is 0 Å². The number of methoxy groups -OCH3 is 2. The molecule has 0 fully saturated rings. The van der Waals surface area contributed by atoms with Crippen molar-refractivity contribution in [1.82, 2.24) is 15.2 Å². The molecule has 25 heavy (non-hydrogen) atoms. The number of hydrogen-bond donors (Lipinski definition) is 2. The van der Waals surface area contributed by atoms with Crippen molar-refractivity contribution >= 4 is 45.9 Å². The lowest BCUT2D eigenvalue weighted by Crippen LogP contribution is -2.38. The van der Waals surface area contributed by atoms with Gasteiger partial charge < -0.3 is 24.7 Å². The fourth-order valence-electron chi connectivity index (χ4n) is 2.30. The molecule has 0 unspecified atom stereocenters. The third kappa shape index (κ3) is 6.43. The van der Waals surface area contributed by atoms with E-state index in [0.29, 0.717) is 18.0 Å². The van der Waals surface area contributed by atoms with E-state index in [1.54, 1.807) is 21.3 Å². The number of rotatable bonds is 7. The van der Waals surface area contributed by atoms with E-state index in [4.69, 9.17) is 9.47 Å².